The van der Waals surface area contributed by atoms with E-state index < -0.39 is 0 Å². The quantitative estimate of drug-likeness (QED) is 0.411. The molecule has 4 aromatic rings. The number of ether oxygens (including phenoxy) is 1. The van der Waals surface area contributed by atoms with Crippen LogP contribution in [-0.4, -0.2) is 23.0 Å². The molecule has 6 heteroatoms. The SMILES string of the molecule is COc1cccc(Nc2nc(-c3ccccc3)ncc2C(=O)Nc2cc(C)cc(C)c2)c1. The van der Waals surface area contributed by atoms with Crippen LogP contribution in [-0.2, 0) is 0 Å². The number of rotatable bonds is 6. The molecule has 1 amide bonds. The van der Waals surface area contributed by atoms with Gasteiger partial charge >= 0.3 is 0 Å². The van der Waals surface area contributed by atoms with Crippen LogP contribution in [0.1, 0.15) is 21.5 Å². The predicted octanol–water partition coefficient (Wildman–Crippen LogP) is 5.76. The van der Waals surface area contributed by atoms with E-state index in [9.17, 15) is 4.79 Å². The predicted molar refractivity (Wildman–Crippen MR) is 128 cm³/mol. The van der Waals surface area contributed by atoms with E-state index >= 15 is 0 Å². The number of hydrogen-bond acceptors (Lipinski definition) is 5. The molecule has 1 heterocycles. The third-order valence-electron chi connectivity index (χ3n) is 4.88. The Labute approximate surface area is 187 Å². The van der Waals surface area contributed by atoms with Crippen LogP contribution in [0.5, 0.6) is 5.75 Å². The molecule has 0 aliphatic carbocycles. The number of anilines is 3. The van der Waals surface area contributed by atoms with Gasteiger partial charge in [0.05, 0.1) is 7.11 Å². The molecular formula is C26H24N4O2. The number of methoxy groups -OCH3 is 1. The summed E-state index contributed by atoms with van der Waals surface area (Å²) in [5, 5.41) is 6.22. The largest absolute Gasteiger partial charge is 0.497 e. The van der Waals surface area contributed by atoms with Crippen molar-refractivity contribution in [2.75, 3.05) is 17.7 Å². The van der Waals surface area contributed by atoms with Crippen molar-refractivity contribution in [1.29, 1.82) is 0 Å². The van der Waals surface area contributed by atoms with Gasteiger partial charge in [-0.2, -0.15) is 0 Å². The fourth-order valence-corrected chi connectivity index (χ4v) is 3.45. The lowest BCUT2D eigenvalue weighted by Gasteiger charge is -2.14. The van der Waals surface area contributed by atoms with Crippen molar-refractivity contribution in [2.45, 2.75) is 13.8 Å². The van der Waals surface area contributed by atoms with Crippen LogP contribution in [0, 0.1) is 13.8 Å². The van der Waals surface area contributed by atoms with Gasteiger partial charge in [-0.05, 0) is 49.2 Å². The number of nitrogens with zero attached hydrogens (tertiary/aromatic N) is 2. The summed E-state index contributed by atoms with van der Waals surface area (Å²) in [4.78, 5) is 22.3. The maximum atomic E-state index is 13.2. The molecular weight excluding hydrogens is 400 g/mol. The standard InChI is InChI=1S/C26H24N4O2/c1-17-12-18(2)14-21(13-17)29-26(31)23-16-27-24(19-8-5-4-6-9-19)30-25(23)28-20-10-7-11-22(15-20)32-3/h4-16H,1-3H3,(H,29,31)(H,27,28,30). The topological polar surface area (TPSA) is 76.1 Å². The molecule has 2 N–H and O–H groups in total. The van der Waals surface area contributed by atoms with Crippen molar-refractivity contribution in [3.05, 3.63) is 95.7 Å². The minimum Gasteiger partial charge on any atom is -0.497 e. The van der Waals surface area contributed by atoms with E-state index in [-0.39, 0.29) is 5.91 Å². The number of benzene rings is 3. The molecule has 3 aromatic carbocycles. The molecule has 6 nitrogen and oxygen atoms in total. The number of aryl methyl sites for hydroxylation is 2. The molecule has 0 aliphatic rings. The van der Waals surface area contributed by atoms with Gasteiger partial charge in [0.1, 0.15) is 17.1 Å². The highest BCUT2D eigenvalue weighted by Gasteiger charge is 2.17. The normalized spacial score (nSPS) is 10.5. The van der Waals surface area contributed by atoms with Crippen molar-refractivity contribution in [3.63, 3.8) is 0 Å². The maximum absolute atomic E-state index is 13.2. The maximum Gasteiger partial charge on any atom is 0.261 e. The van der Waals surface area contributed by atoms with Crippen molar-refractivity contribution in [3.8, 4) is 17.1 Å². The van der Waals surface area contributed by atoms with E-state index in [4.69, 9.17) is 4.74 Å². The van der Waals surface area contributed by atoms with Gasteiger partial charge in [-0.1, -0.05) is 42.5 Å². The minimum atomic E-state index is -0.292. The number of carbonyl (C=O) groups is 1. The van der Waals surface area contributed by atoms with E-state index in [1.165, 1.54) is 0 Å². The molecule has 0 fully saturated rings. The first-order valence-electron chi connectivity index (χ1n) is 10.2. The average molecular weight is 425 g/mol. The van der Waals surface area contributed by atoms with Crippen LogP contribution in [0.2, 0.25) is 0 Å². The van der Waals surface area contributed by atoms with E-state index in [1.807, 2.05) is 80.6 Å². The van der Waals surface area contributed by atoms with Gasteiger partial charge in [0, 0.05) is 29.2 Å². The highest BCUT2D eigenvalue weighted by molar-refractivity contribution is 6.07. The summed E-state index contributed by atoms with van der Waals surface area (Å²) in [6.07, 6.45) is 1.55. The monoisotopic (exact) mass is 424 g/mol. The Morgan fingerprint density at radius 1 is 0.875 bits per heavy atom. The lowest BCUT2D eigenvalue weighted by Crippen LogP contribution is -2.16. The summed E-state index contributed by atoms with van der Waals surface area (Å²) in [6.45, 7) is 3.99. The van der Waals surface area contributed by atoms with Gasteiger partial charge in [-0.15, -0.1) is 0 Å². The third kappa shape index (κ3) is 4.92. The van der Waals surface area contributed by atoms with Gasteiger partial charge in [0.25, 0.3) is 5.91 Å². The van der Waals surface area contributed by atoms with Crippen LogP contribution in [0.3, 0.4) is 0 Å². The minimum absolute atomic E-state index is 0.292. The highest BCUT2D eigenvalue weighted by atomic mass is 16.5. The molecule has 4 rings (SSSR count). The lowest BCUT2D eigenvalue weighted by atomic mass is 10.1. The zero-order chi connectivity index (χ0) is 22.5. The van der Waals surface area contributed by atoms with Crippen molar-refractivity contribution in [1.82, 2.24) is 9.97 Å². The van der Waals surface area contributed by atoms with E-state index in [2.05, 4.69) is 26.7 Å². The fraction of sp³-hybridized carbons (Fsp3) is 0.115. The number of hydrogen-bond donors (Lipinski definition) is 2. The second-order valence-corrected chi connectivity index (χ2v) is 7.51. The molecule has 1 aromatic heterocycles. The molecule has 0 aliphatic heterocycles. The molecule has 0 saturated heterocycles. The summed E-state index contributed by atoms with van der Waals surface area (Å²) in [5.74, 6) is 1.35. The van der Waals surface area contributed by atoms with Gasteiger partial charge in [0.2, 0.25) is 0 Å². The molecule has 0 bridgehead atoms. The summed E-state index contributed by atoms with van der Waals surface area (Å²) in [7, 11) is 1.61. The first kappa shape index (κ1) is 21.1. The van der Waals surface area contributed by atoms with E-state index in [0.29, 0.717) is 23.0 Å². The number of amides is 1. The van der Waals surface area contributed by atoms with Crippen molar-refractivity contribution < 1.29 is 9.53 Å². The zero-order valence-corrected chi connectivity index (χ0v) is 18.2. The van der Waals surface area contributed by atoms with Gasteiger partial charge in [-0.3, -0.25) is 4.79 Å². The van der Waals surface area contributed by atoms with Crippen LogP contribution in [0.4, 0.5) is 17.2 Å². The Balaban J connectivity index is 1.72. The number of nitrogens with one attached hydrogen (secondary N) is 2. The Morgan fingerprint density at radius 2 is 1.62 bits per heavy atom. The highest BCUT2D eigenvalue weighted by Crippen LogP contribution is 2.26. The summed E-state index contributed by atoms with van der Waals surface area (Å²) in [6, 6.07) is 23.0. The summed E-state index contributed by atoms with van der Waals surface area (Å²) < 4.78 is 5.31. The molecule has 160 valence electrons. The zero-order valence-electron chi connectivity index (χ0n) is 18.2. The van der Waals surface area contributed by atoms with Gasteiger partial charge in [-0.25, -0.2) is 9.97 Å². The van der Waals surface area contributed by atoms with Crippen LogP contribution in [0.25, 0.3) is 11.4 Å². The smallest absolute Gasteiger partial charge is 0.261 e. The average Bonchev–Trinajstić information content (AvgIpc) is 2.79. The Morgan fingerprint density at radius 3 is 2.34 bits per heavy atom. The second-order valence-electron chi connectivity index (χ2n) is 7.51. The summed E-state index contributed by atoms with van der Waals surface area (Å²) >= 11 is 0. The molecule has 32 heavy (non-hydrogen) atoms. The molecule has 0 atom stereocenters. The lowest BCUT2D eigenvalue weighted by molar-refractivity contribution is 0.102. The third-order valence-corrected chi connectivity index (χ3v) is 4.88. The Kier molecular flexibility index (Phi) is 6.12. The van der Waals surface area contributed by atoms with E-state index in [0.717, 1.165) is 28.1 Å². The van der Waals surface area contributed by atoms with E-state index in [1.54, 1.807) is 13.3 Å². The van der Waals surface area contributed by atoms with Crippen molar-refractivity contribution in [2.24, 2.45) is 0 Å². The van der Waals surface area contributed by atoms with Crippen LogP contribution in [0.15, 0.2) is 79.0 Å². The molecule has 0 radical (unpaired) electrons. The molecule has 0 saturated carbocycles. The van der Waals surface area contributed by atoms with Gasteiger partial charge in [0.15, 0.2) is 5.82 Å². The number of carbonyl (C=O) groups excluding carboxylic acids is 1. The van der Waals surface area contributed by atoms with Crippen LogP contribution >= 0.6 is 0 Å². The Hall–Kier alpha value is -4.19. The first-order valence-corrected chi connectivity index (χ1v) is 10.2. The molecule has 0 unspecified atom stereocenters. The first-order chi connectivity index (χ1) is 15.5. The second kappa shape index (κ2) is 9.31. The van der Waals surface area contributed by atoms with Gasteiger partial charge < -0.3 is 15.4 Å². The number of aromatic nitrogens is 2. The molecule has 0 spiro atoms. The fourth-order valence-electron chi connectivity index (χ4n) is 3.45. The Bertz CT molecular complexity index is 1240. The van der Waals surface area contributed by atoms with Crippen LogP contribution < -0.4 is 15.4 Å². The summed E-state index contributed by atoms with van der Waals surface area (Å²) in [5.41, 5.74) is 4.83. The van der Waals surface area contributed by atoms with Crippen molar-refractivity contribution >= 4 is 23.1 Å².